The van der Waals surface area contributed by atoms with Gasteiger partial charge in [-0.25, -0.2) is 0 Å². The van der Waals surface area contributed by atoms with Gasteiger partial charge in [-0.05, 0) is 126 Å². The third-order valence-corrected chi connectivity index (χ3v) is 14.6. The van der Waals surface area contributed by atoms with Gasteiger partial charge in [-0.1, -0.05) is 186 Å². The van der Waals surface area contributed by atoms with Gasteiger partial charge < -0.3 is 4.65 Å². The van der Waals surface area contributed by atoms with Gasteiger partial charge >= 0.3 is 7.48 Å². The number of thiol groups is 1. The number of benzene rings is 1. The minimum atomic E-state index is -0.399. The van der Waals surface area contributed by atoms with Gasteiger partial charge in [0.15, 0.2) is 0 Å². The average Bonchev–Trinajstić information content (AvgIpc) is 3.15. The maximum Gasteiger partial charge on any atom is 0.330 e. The van der Waals surface area contributed by atoms with E-state index in [4.69, 9.17) is 4.65 Å². The van der Waals surface area contributed by atoms with Crippen molar-refractivity contribution in [1.29, 1.82) is 0 Å². The molecule has 1 aliphatic carbocycles. The normalized spacial score (nSPS) is 17.0. The van der Waals surface area contributed by atoms with E-state index in [0.29, 0.717) is 22.4 Å². The van der Waals surface area contributed by atoms with Crippen molar-refractivity contribution in [3.63, 3.8) is 0 Å². The Balaban J connectivity index is -0.000000839. The second-order valence-corrected chi connectivity index (χ2v) is 22.8. The van der Waals surface area contributed by atoms with E-state index in [1.807, 2.05) is 21.3 Å². The predicted molar refractivity (Wildman–Crippen MR) is 276 cm³/mol. The first-order valence-electron chi connectivity index (χ1n) is 24.9. The van der Waals surface area contributed by atoms with Gasteiger partial charge in [0.25, 0.3) is 0 Å². The van der Waals surface area contributed by atoms with Crippen LogP contribution in [0.25, 0.3) is 0 Å². The van der Waals surface area contributed by atoms with Crippen LogP contribution in [-0.4, -0.2) is 29.4 Å². The molecule has 3 unspecified atom stereocenters. The Morgan fingerprint density at radius 3 is 1.50 bits per heavy atom. The van der Waals surface area contributed by atoms with E-state index in [1.54, 1.807) is 6.92 Å². The first-order valence-corrected chi connectivity index (χ1v) is 25.3. The zero-order chi connectivity index (χ0) is 47.7. The molecule has 1 aliphatic rings. The molecule has 3 nitrogen and oxygen atoms in total. The summed E-state index contributed by atoms with van der Waals surface area (Å²) in [6, 6.07) is 6.41. The van der Waals surface area contributed by atoms with E-state index >= 15 is 0 Å². The lowest BCUT2D eigenvalue weighted by molar-refractivity contribution is -0.129. The number of carbonyl (C=O) groups excluding carboxylic acids is 2. The van der Waals surface area contributed by atoms with Crippen molar-refractivity contribution in [2.45, 2.75) is 265 Å². The molecule has 0 saturated heterocycles. The summed E-state index contributed by atoms with van der Waals surface area (Å²) >= 11 is 4.67. The topological polar surface area (TPSA) is 43.4 Å². The summed E-state index contributed by atoms with van der Waals surface area (Å²) in [6.45, 7) is 49.7. The molecule has 3 atom stereocenters. The van der Waals surface area contributed by atoms with E-state index in [1.165, 1.54) is 62.5 Å². The van der Waals surface area contributed by atoms with Crippen LogP contribution in [0.1, 0.15) is 253 Å². The van der Waals surface area contributed by atoms with Crippen molar-refractivity contribution >= 4 is 37.1 Å². The number of rotatable bonds is 20. The van der Waals surface area contributed by atoms with Gasteiger partial charge in [-0.15, -0.1) is 0 Å². The van der Waals surface area contributed by atoms with Crippen LogP contribution in [0.3, 0.4) is 0 Å². The Hall–Kier alpha value is -1.07. The smallest absolute Gasteiger partial charge is 0.330 e. The molecule has 0 N–H and O–H groups in total. The van der Waals surface area contributed by atoms with Crippen molar-refractivity contribution < 1.29 is 14.2 Å². The molecule has 5 heteroatoms. The highest BCUT2D eigenvalue weighted by molar-refractivity contribution is 7.81. The third-order valence-electron chi connectivity index (χ3n) is 14.1. The Morgan fingerprint density at radius 1 is 0.750 bits per heavy atom. The van der Waals surface area contributed by atoms with Crippen LogP contribution in [0, 0.1) is 47.3 Å². The fraction of sp³-hybridized carbons (Fsp3) is 0.855. The number of hydrogen-bond acceptors (Lipinski definition) is 4. The van der Waals surface area contributed by atoms with Crippen LogP contribution in [0.2, 0.25) is 0 Å². The van der Waals surface area contributed by atoms with Crippen LogP contribution in [0.4, 0.5) is 0 Å². The van der Waals surface area contributed by atoms with Crippen molar-refractivity contribution in [2.24, 2.45) is 40.4 Å². The zero-order valence-corrected chi connectivity index (χ0v) is 45.7. The summed E-state index contributed by atoms with van der Waals surface area (Å²) in [5.74, 6) is 4.05. The molecule has 1 aromatic carbocycles. The first kappa shape index (κ1) is 63.2. The van der Waals surface area contributed by atoms with Gasteiger partial charge in [0.2, 0.25) is 0 Å². The molecule has 1 radical (unpaired) electrons. The maximum absolute atomic E-state index is 13.5. The molecular weight excluding hydrogens is 751 g/mol. The Morgan fingerprint density at radius 2 is 1.23 bits per heavy atom. The summed E-state index contributed by atoms with van der Waals surface area (Å²) in [5.41, 5.74) is 3.71. The molecule has 0 aromatic heterocycles. The summed E-state index contributed by atoms with van der Waals surface area (Å²) in [5, 5.41) is 0. The van der Waals surface area contributed by atoms with Crippen LogP contribution in [-0.2, 0) is 19.7 Å². The molecule has 60 heavy (non-hydrogen) atoms. The molecule has 353 valence electrons. The first-order chi connectivity index (χ1) is 27.5. The quantitative estimate of drug-likeness (QED) is 0.105. The highest BCUT2D eigenvalue weighted by Gasteiger charge is 2.41. The molecular formula is C55H106BO3S. The van der Waals surface area contributed by atoms with Crippen molar-refractivity contribution in [3.8, 4) is 0 Å². The van der Waals surface area contributed by atoms with Gasteiger partial charge in [0.1, 0.15) is 11.6 Å². The number of ketones is 2. The van der Waals surface area contributed by atoms with Crippen LogP contribution in [0.15, 0.2) is 18.2 Å². The SMILES string of the molecule is CCC(C)C(C)(C)C.CCC(C)C(C)=O.CCCC(C)(C)CC.CCCC(CCC)(C(=O)C(C)CC)c1ccc([B]OC(C)(C)C(C)(C)S)cc1C.CCCC1CC(C)C1. The van der Waals surface area contributed by atoms with E-state index in [0.717, 1.165) is 61.7 Å². The van der Waals surface area contributed by atoms with Crippen LogP contribution in [0.5, 0.6) is 0 Å². The number of carbonyl (C=O) groups is 2. The summed E-state index contributed by atoms with van der Waals surface area (Å²) in [7, 11) is 1.83. The minimum absolute atomic E-state index is 0.0838. The lowest BCUT2D eigenvalue weighted by Gasteiger charge is -2.38. The molecule has 1 saturated carbocycles. The van der Waals surface area contributed by atoms with Crippen molar-refractivity contribution in [1.82, 2.24) is 0 Å². The van der Waals surface area contributed by atoms with Gasteiger partial charge in [-0.3, -0.25) is 9.59 Å². The number of hydrogen-bond donors (Lipinski definition) is 1. The fourth-order valence-electron chi connectivity index (χ4n) is 7.41. The molecule has 0 spiro atoms. The predicted octanol–water partition coefficient (Wildman–Crippen LogP) is 17.0. The molecule has 2 rings (SSSR count). The summed E-state index contributed by atoms with van der Waals surface area (Å²) in [6.07, 6.45) is 16.8. The lowest BCUT2D eigenvalue weighted by Crippen LogP contribution is -2.46. The lowest BCUT2D eigenvalue weighted by atomic mass is 9.65. The molecule has 0 heterocycles. The van der Waals surface area contributed by atoms with Crippen molar-refractivity contribution in [2.75, 3.05) is 0 Å². The second-order valence-electron chi connectivity index (χ2n) is 21.7. The van der Waals surface area contributed by atoms with Gasteiger partial charge in [-0.2, -0.15) is 12.6 Å². The van der Waals surface area contributed by atoms with Gasteiger partial charge in [0.05, 0.1) is 11.0 Å². The highest BCUT2D eigenvalue weighted by atomic mass is 32.1. The molecule has 0 amide bonds. The number of Topliss-reactive ketones (excluding diaryl/α,β-unsaturated/α-hetero) is 2. The Kier molecular flexibility index (Phi) is 32.6. The van der Waals surface area contributed by atoms with Gasteiger partial charge in [0, 0.05) is 16.6 Å². The monoisotopic (exact) mass is 858 g/mol. The maximum atomic E-state index is 13.5. The van der Waals surface area contributed by atoms with E-state index < -0.39 is 5.60 Å². The molecule has 1 fully saturated rings. The van der Waals surface area contributed by atoms with Crippen LogP contribution >= 0.6 is 12.6 Å². The van der Waals surface area contributed by atoms with Crippen molar-refractivity contribution in [3.05, 3.63) is 29.3 Å². The fourth-order valence-corrected chi connectivity index (χ4v) is 7.46. The summed E-state index contributed by atoms with van der Waals surface area (Å²) < 4.78 is 5.82. The Bertz CT molecular complexity index is 1250. The molecule has 0 bridgehead atoms. The zero-order valence-electron chi connectivity index (χ0n) is 44.8. The minimum Gasteiger partial charge on any atom is -0.428 e. The van der Waals surface area contributed by atoms with Crippen LogP contribution < -0.4 is 5.46 Å². The third kappa shape index (κ3) is 24.7. The van der Waals surface area contributed by atoms with E-state index in [2.05, 4.69) is 169 Å². The second kappa shape index (κ2) is 30.9. The van der Waals surface area contributed by atoms with E-state index in [9.17, 15) is 9.59 Å². The highest BCUT2D eigenvalue weighted by Crippen LogP contribution is 2.40. The van der Waals surface area contributed by atoms with E-state index in [-0.39, 0.29) is 22.0 Å². The summed E-state index contributed by atoms with van der Waals surface area (Å²) in [4.78, 5) is 23.9. The molecule has 1 aromatic rings. The Labute approximate surface area is 384 Å². The standard InChI is InChI=1S/C25H42BO2S.C8H16.2C8H18.C6H12O/c1-10-15-25(16-11-2,22(27)18(4)12-3)21-14-13-20(17-19(21)5)26-28-23(6,7)24(8,9)29;1-3-4-8-5-7(2)6-8;1-6-7(2)8(3,4)5;1-5-7-8(3,4)6-2;1-4-5(2)6(3)7/h13-14,17-18,29H,10-12,15-16H2,1-9H3;7-8H,3-6H2,1-2H3;7H,6H2,1-5H3;5-7H2,1-4H3;5H,4H2,1-3H3. The number of aryl methyl sites for hydroxylation is 1. The average molecular weight is 858 g/mol. The largest absolute Gasteiger partial charge is 0.428 e. The molecule has 0 aliphatic heterocycles.